The van der Waals surface area contributed by atoms with Crippen LogP contribution in [0.4, 0.5) is 0 Å². The number of rotatable bonds is 1. The molecule has 2 nitrogen and oxygen atoms in total. The maximum absolute atomic E-state index is 11.8. The molecule has 0 amide bonds. The molecule has 0 bridgehead atoms. The Hall–Kier alpha value is -2.19. The number of carbonyl (C=O) groups excluding carboxylic acids is 1. The molecule has 2 heteroatoms. The second-order valence-corrected chi connectivity index (χ2v) is 4.38. The van der Waals surface area contributed by atoms with Crippen molar-refractivity contribution in [2.24, 2.45) is 0 Å². The summed E-state index contributed by atoms with van der Waals surface area (Å²) in [6, 6.07) is 16.5. The third kappa shape index (κ3) is 1.50. The molecule has 0 radical (unpaired) electrons. The van der Waals surface area contributed by atoms with E-state index < -0.39 is 5.60 Å². The van der Waals surface area contributed by atoms with Gasteiger partial charge in [0, 0.05) is 11.1 Å². The molecule has 0 saturated heterocycles. The van der Waals surface area contributed by atoms with Crippen LogP contribution in [0.1, 0.15) is 21.5 Å². The Morgan fingerprint density at radius 3 is 2.33 bits per heavy atom. The second-order valence-electron chi connectivity index (χ2n) is 4.38. The number of aliphatic hydroxyl groups is 1. The van der Waals surface area contributed by atoms with Crippen molar-refractivity contribution in [1.29, 1.82) is 0 Å². The third-order valence-electron chi connectivity index (χ3n) is 3.29. The number of allylic oxidation sites excluding steroid dienone is 1. The van der Waals surface area contributed by atoms with Crippen LogP contribution >= 0.6 is 0 Å². The number of benzene rings is 2. The summed E-state index contributed by atoms with van der Waals surface area (Å²) in [5.41, 5.74) is 0.752. The van der Waals surface area contributed by atoms with Crippen molar-refractivity contribution in [3.8, 4) is 0 Å². The normalized spacial score (nSPS) is 21.7. The van der Waals surface area contributed by atoms with Crippen molar-refractivity contribution in [1.82, 2.24) is 0 Å². The fourth-order valence-corrected chi connectivity index (χ4v) is 2.35. The van der Waals surface area contributed by atoms with Gasteiger partial charge in [-0.2, -0.15) is 0 Å². The number of fused-ring (bicyclic) bond motifs is 1. The van der Waals surface area contributed by atoms with Gasteiger partial charge >= 0.3 is 0 Å². The van der Waals surface area contributed by atoms with Crippen LogP contribution in [0.25, 0.3) is 0 Å². The first-order valence-corrected chi connectivity index (χ1v) is 5.83. The van der Waals surface area contributed by atoms with Crippen LogP contribution in [0.5, 0.6) is 0 Å². The Bertz CT molecular complexity index is 629. The molecule has 0 fully saturated rings. The topological polar surface area (TPSA) is 37.3 Å². The van der Waals surface area contributed by atoms with E-state index in [4.69, 9.17) is 0 Å². The molecule has 1 aliphatic carbocycles. The molecule has 0 heterocycles. The number of ketones is 1. The first kappa shape index (κ1) is 10.9. The van der Waals surface area contributed by atoms with E-state index in [9.17, 15) is 9.90 Å². The van der Waals surface area contributed by atoms with Crippen LogP contribution in [-0.2, 0) is 5.60 Å². The number of carbonyl (C=O) groups is 1. The molecule has 2 aromatic rings. The Balaban J connectivity index is 2.25. The Labute approximate surface area is 105 Å². The smallest absolute Gasteiger partial charge is 0.186 e. The summed E-state index contributed by atoms with van der Waals surface area (Å²) in [6.07, 6.45) is 3.00. The van der Waals surface area contributed by atoms with Crippen LogP contribution in [0.2, 0.25) is 0 Å². The van der Waals surface area contributed by atoms with E-state index in [0.29, 0.717) is 11.1 Å². The largest absolute Gasteiger partial charge is 0.377 e. The van der Waals surface area contributed by atoms with E-state index in [1.54, 1.807) is 24.3 Å². The van der Waals surface area contributed by atoms with Gasteiger partial charge in [-0.05, 0) is 17.7 Å². The van der Waals surface area contributed by atoms with Crippen LogP contribution < -0.4 is 0 Å². The van der Waals surface area contributed by atoms with Gasteiger partial charge in [0.2, 0.25) is 0 Å². The molecule has 1 aliphatic rings. The second kappa shape index (κ2) is 3.93. The molecule has 1 atom stereocenters. The lowest BCUT2D eigenvalue weighted by Crippen LogP contribution is -2.30. The van der Waals surface area contributed by atoms with Gasteiger partial charge in [0.05, 0.1) is 0 Å². The molecule has 1 N–H and O–H groups in total. The molecule has 88 valence electrons. The van der Waals surface area contributed by atoms with Gasteiger partial charge in [-0.1, -0.05) is 54.6 Å². The summed E-state index contributed by atoms with van der Waals surface area (Å²) in [7, 11) is 0. The molecule has 0 spiro atoms. The van der Waals surface area contributed by atoms with Crippen molar-refractivity contribution in [3.05, 3.63) is 83.4 Å². The van der Waals surface area contributed by atoms with Crippen molar-refractivity contribution in [2.75, 3.05) is 0 Å². The van der Waals surface area contributed by atoms with E-state index in [0.717, 1.165) is 5.56 Å². The minimum absolute atomic E-state index is 0.0637. The van der Waals surface area contributed by atoms with Crippen LogP contribution in [-0.4, -0.2) is 10.9 Å². The predicted molar refractivity (Wildman–Crippen MR) is 69.4 cm³/mol. The van der Waals surface area contributed by atoms with Crippen molar-refractivity contribution in [3.63, 3.8) is 0 Å². The molecule has 0 aliphatic heterocycles. The molecule has 0 saturated carbocycles. The van der Waals surface area contributed by atoms with E-state index >= 15 is 0 Å². The fraction of sp³-hybridized carbons (Fsp3) is 0.0625. The lowest BCUT2D eigenvalue weighted by Gasteiger charge is -2.30. The highest BCUT2D eigenvalue weighted by atomic mass is 16.3. The molecular formula is C16H12O2. The van der Waals surface area contributed by atoms with Gasteiger partial charge in [0.15, 0.2) is 5.78 Å². The van der Waals surface area contributed by atoms with E-state index in [1.165, 1.54) is 6.08 Å². The zero-order valence-electron chi connectivity index (χ0n) is 9.71. The van der Waals surface area contributed by atoms with Crippen LogP contribution in [0, 0.1) is 0 Å². The molecule has 18 heavy (non-hydrogen) atoms. The van der Waals surface area contributed by atoms with Crippen molar-refractivity contribution >= 4 is 5.78 Å². The van der Waals surface area contributed by atoms with Crippen LogP contribution in [0.3, 0.4) is 0 Å². The molecular weight excluding hydrogens is 224 g/mol. The molecule has 2 aromatic carbocycles. The number of hydrogen-bond donors (Lipinski definition) is 1. The summed E-state index contributed by atoms with van der Waals surface area (Å²) in [5.74, 6) is -0.0637. The van der Waals surface area contributed by atoms with Gasteiger partial charge in [0.25, 0.3) is 0 Å². The molecule has 0 unspecified atom stereocenters. The number of hydrogen-bond acceptors (Lipinski definition) is 2. The summed E-state index contributed by atoms with van der Waals surface area (Å²) in [6.45, 7) is 0. The maximum atomic E-state index is 11.8. The quantitative estimate of drug-likeness (QED) is 0.826. The highest BCUT2D eigenvalue weighted by molar-refractivity contribution is 6.07. The minimum Gasteiger partial charge on any atom is -0.377 e. The monoisotopic (exact) mass is 236 g/mol. The Kier molecular flexibility index (Phi) is 2.39. The lowest BCUT2D eigenvalue weighted by molar-refractivity contribution is 0.0988. The first-order chi connectivity index (χ1) is 8.72. The van der Waals surface area contributed by atoms with Crippen LogP contribution in [0.15, 0.2) is 66.7 Å². The lowest BCUT2D eigenvalue weighted by atomic mass is 9.79. The van der Waals surface area contributed by atoms with E-state index in [-0.39, 0.29) is 5.78 Å². The first-order valence-electron chi connectivity index (χ1n) is 5.83. The van der Waals surface area contributed by atoms with Gasteiger partial charge in [-0.25, -0.2) is 0 Å². The van der Waals surface area contributed by atoms with Gasteiger partial charge in [-0.3, -0.25) is 4.79 Å². The van der Waals surface area contributed by atoms with Crippen molar-refractivity contribution in [2.45, 2.75) is 5.60 Å². The molecule has 3 rings (SSSR count). The zero-order valence-corrected chi connectivity index (χ0v) is 9.71. The highest BCUT2D eigenvalue weighted by Gasteiger charge is 2.34. The highest BCUT2D eigenvalue weighted by Crippen LogP contribution is 2.36. The third-order valence-corrected chi connectivity index (χ3v) is 3.29. The van der Waals surface area contributed by atoms with E-state index in [2.05, 4.69) is 0 Å². The fourth-order valence-electron chi connectivity index (χ4n) is 2.35. The molecule has 0 aromatic heterocycles. The summed E-state index contributed by atoms with van der Waals surface area (Å²) in [4.78, 5) is 11.8. The summed E-state index contributed by atoms with van der Waals surface area (Å²) in [5, 5.41) is 10.9. The minimum atomic E-state index is -1.22. The SMILES string of the molecule is O=C1C=C[C@](O)(c2ccccc2)c2ccccc21. The van der Waals surface area contributed by atoms with Gasteiger partial charge < -0.3 is 5.11 Å². The summed E-state index contributed by atoms with van der Waals surface area (Å²) >= 11 is 0. The van der Waals surface area contributed by atoms with Gasteiger partial charge in [0.1, 0.15) is 5.60 Å². The van der Waals surface area contributed by atoms with Gasteiger partial charge in [-0.15, -0.1) is 0 Å². The Morgan fingerprint density at radius 2 is 1.56 bits per heavy atom. The average Bonchev–Trinajstić information content (AvgIpc) is 2.44. The predicted octanol–water partition coefficient (Wildman–Crippen LogP) is 2.68. The Morgan fingerprint density at radius 1 is 0.889 bits per heavy atom. The summed E-state index contributed by atoms with van der Waals surface area (Å²) < 4.78 is 0. The zero-order chi connectivity index (χ0) is 12.6. The maximum Gasteiger partial charge on any atom is 0.186 e. The van der Waals surface area contributed by atoms with Crippen molar-refractivity contribution < 1.29 is 9.90 Å². The standard InChI is InChI=1S/C16H12O2/c17-15-10-11-16(18,12-6-2-1-3-7-12)14-9-5-4-8-13(14)15/h1-11,18H/t16-/m0/s1. The average molecular weight is 236 g/mol. The van der Waals surface area contributed by atoms with E-state index in [1.807, 2.05) is 36.4 Å².